The summed E-state index contributed by atoms with van der Waals surface area (Å²) < 4.78 is 0. The maximum absolute atomic E-state index is 6.12. The van der Waals surface area contributed by atoms with E-state index in [1.807, 2.05) is 18.2 Å². The van der Waals surface area contributed by atoms with Crippen LogP contribution in [0.5, 0.6) is 0 Å². The molecule has 0 radical (unpaired) electrons. The SMILES string of the molecule is CC(C)CN(CC(C)C)c1cc(Cl)ccc1CCl. The lowest BCUT2D eigenvalue weighted by Crippen LogP contribution is -2.32. The lowest BCUT2D eigenvalue weighted by atomic mass is 10.1. The number of nitrogens with zero attached hydrogens (tertiary/aromatic N) is 1. The molecule has 0 atom stereocenters. The Morgan fingerprint density at radius 2 is 1.61 bits per heavy atom. The summed E-state index contributed by atoms with van der Waals surface area (Å²) in [7, 11) is 0. The Bertz CT molecular complexity index is 365. The maximum atomic E-state index is 6.12. The van der Waals surface area contributed by atoms with Gasteiger partial charge in [-0.2, -0.15) is 0 Å². The van der Waals surface area contributed by atoms with Crippen molar-refractivity contribution in [3.8, 4) is 0 Å². The van der Waals surface area contributed by atoms with Crippen LogP contribution in [0.15, 0.2) is 18.2 Å². The Morgan fingerprint density at radius 3 is 2.06 bits per heavy atom. The van der Waals surface area contributed by atoms with Gasteiger partial charge in [0.05, 0.1) is 0 Å². The molecule has 18 heavy (non-hydrogen) atoms. The van der Waals surface area contributed by atoms with Crippen LogP contribution >= 0.6 is 23.2 Å². The van der Waals surface area contributed by atoms with Crippen LogP contribution in [0.2, 0.25) is 5.02 Å². The highest BCUT2D eigenvalue weighted by molar-refractivity contribution is 6.31. The molecule has 1 rings (SSSR count). The zero-order chi connectivity index (χ0) is 13.7. The Labute approximate surface area is 121 Å². The second-order valence-electron chi connectivity index (χ2n) is 5.60. The topological polar surface area (TPSA) is 3.24 Å². The van der Waals surface area contributed by atoms with Crippen molar-refractivity contribution in [3.05, 3.63) is 28.8 Å². The Kier molecular flexibility index (Phi) is 6.31. The second-order valence-corrected chi connectivity index (χ2v) is 6.30. The fraction of sp³-hybridized carbons (Fsp3) is 0.600. The quantitative estimate of drug-likeness (QED) is 0.650. The van der Waals surface area contributed by atoms with Gasteiger partial charge in [0.1, 0.15) is 0 Å². The van der Waals surface area contributed by atoms with Crippen molar-refractivity contribution in [2.45, 2.75) is 33.6 Å². The summed E-state index contributed by atoms with van der Waals surface area (Å²) in [5, 5.41) is 0.774. The number of alkyl halides is 1. The third-order valence-corrected chi connectivity index (χ3v) is 3.23. The summed E-state index contributed by atoms with van der Waals surface area (Å²) in [5.41, 5.74) is 2.34. The molecule has 0 unspecified atom stereocenters. The van der Waals surface area contributed by atoms with Crippen LogP contribution in [0.3, 0.4) is 0 Å². The van der Waals surface area contributed by atoms with E-state index in [1.54, 1.807) is 0 Å². The van der Waals surface area contributed by atoms with Gasteiger partial charge in [-0.1, -0.05) is 45.4 Å². The number of hydrogen-bond acceptors (Lipinski definition) is 1. The second kappa shape index (κ2) is 7.25. The molecule has 3 heteroatoms. The highest BCUT2D eigenvalue weighted by atomic mass is 35.5. The van der Waals surface area contributed by atoms with Gasteiger partial charge in [0, 0.05) is 29.7 Å². The van der Waals surface area contributed by atoms with E-state index in [-0.39, 0.29) is 0 Å². The first-order valence-electron chi connectivity index (χ1n) is 6.53. The molecule has 0 fully saturated rings. The van der Waals surface area contributed by atoms with Crippen LogP contribution in [0.25, 0.3) is 0 Å². The minimum absolute atomic E-state index is 0.527. The zero-order valence-corrected chi connectivity index (χ0v) is 13.2. The number of halogens is 2. The van der Waals surface area contributed by atoms with Crippen LogP contribution in [0.4, 0.5) is 5.69 Å². The van der Waals surface area contributed by atoms with Gasteiger partial charge in [0.25, 0.3) is 0 Å². The summed E-state index contributed by atoms with van der Waals surface area (Å²) in [6.07, 6.45) is 0. The van der Waals surface area contributed by atoms with E-state index in [0.29, 0.717) is 17.7 Å². The van der Waals surface area contributed by atoms with E-state index < -0.39 is 0 Å². The van der Waals surface area contributed by atoms with Gasteiger partial charge in [-0.3, -0.25) is 0 Å². The van der Waals surface area contributed by atoms with Crippen LogP contribution in [0, 0.1) is 11.8 Å². The van der Waals surface area contributed by atoms with Gasteiger partial charge < -0.3 is 4.90 Å². The normalized spacial score (nSPS) is 11.3. The van der Waals surface area contributed by atoms with E-state index >= 15 is 0 Å². The number of benzene rings is 1. The monoisotopic (exact) mass is 287 g/mol. The molecule has 0 aliphatic heterocycles. The predicted octanol–water partition coefficient (Wildman–Crippen LogP) is 5.20. The molecule has 1 aromatic rings. The molecule has 102 valence electrons. The van der Waals surface area contributed by atoms with Gasteiger partial charge in [-0.15, -0.1) is 11.6 Å². The molecule has 0 aliphatic carbocycles. The molecule has 1 nitrogen and oxygen atoms in total. The van der Waals surface area contributed by atoms with Crippen LogP contribution in [0.1, 0.15) is 33.3 Å². The van der Waals surface area contributed by atoms with Crippen LogP contribution < -0.4 is 4.90 Å². The largest absolute Gasteiger partial charge is 0.371 e. The predicted molar refractivity (Wildman–Crippen MR) is 82.9 cm³/mol. The first-order chi connectivity index (χ1) is 8.43. The zero-order valence-electron chi connectivity index (χ0n) is 11.7. The molecule has 0 N–H and O–H groups in total. The standard InChI is InChI=1S/C15H23Cl2N/c1-11(2)9-18(10-12(3)4)15-7-14(17)6-5-13(15)8-16/h5-7,11-12H,8-10H2,1-4H3. The summed E-state index contributed by atoms with van der Waals surface area (Å²) in [6, 6.07) is 5.97. The van der Waals surface area contributed by atoms with Crippen molar-refractivity contribution >= 4 is 28.9 Å². The van der Waals surface area contributed by atoms with Gasteiger partial charge >= 0.3 is 0 Å². The van der Waals surface area contributed by atoms with Crippen molar-refractivity contribution in [2.24, 2.45) is 11.8 Å². The fourth-order valence-corrected chi connectivity index (χ4v) is 2.49. The highest BCUT2D eigenvalue weighted by Crippen LogP contribution is 2.27. The van der Waals surface area contributed by atoms with Crippen LogP contribution in [-0.2, 0) is 5.88 Å². The third kappa shape index (κ3) is 4.70. The fourth-order valence-electron chi connectivity index (χ4n) is 2.10. The van der Waals surface area contributed by atoms with Crippen molar-refractivity contribution in [2.75, 3.05) is 18.0 Å². The van der Waals surface area contributed by atoms with E-state index in [1.165, 1.54) is 5.69 Å². The molecule has 0 spiro atoms. The summed E-state index contributed by atoms with van der Waals surface area (Å²) >= 11 is 12.2. The number of rotatable bonds is 6. The van der Waals surface area contributed by atoms with Crippen molar-refractivity contribution < 1.29 is 0 Å². The number of anilines is 1. The molecule has 0 aromatic heterocycles. The summed E-state index contributed by atoms with van der Waals surface area (Å²) in [4.78, 5) is 2.40. The molecular formula is C15H23Cl2N. The van der Waals surface area contributed by atoms with E-state index in [4.69, 9.17) is 23.2 Å². The first-order valence-corrected chi connectivity index (χ1v) is 7.44. The molecule has 1 aromatic carbocycles. The maximum Gasteiger partial charge on any atom is 0.0494 e. The molecule has 0 aliphatic rings. The van der Waals surface area contributed by atoms with Crippen molar-refractivity contribution in [1.82, 2.24) is 0 Å². The van der Waals surface area contributed by atoms with Crippen molar-refractivity contribution in [3.63, 3.8) is 0 Å². The average molecular weight is 288 g/mol. The van der Waals surface area contributed by atoms with Crippen molar-refractivity contribution in [1.29, 1.82) is 0 Å². The molecule has 0 amide bonds. The minimum atomic E-state index is 0.527. The third-order valence-electron chi connectivity index (χ3n) is 2.70. The minimum Gasteiger partial charge on any atom is -0.371 e. The van der Waals surface area contributed by atoms with Crippen LogP contribution in [-0.4, -0.2) is 13.1 Å². The lowest BCUT2D eigenvalue weighted by molar-refractivity contribution is 0.552. The van der Waals surface area contributed by atoms with Gasteiger partial charge in [-0.05, 0) is 29.5 Å². The Hall–Kier alpha value is -0.400. The smallest absolute Gasteiger partial charge is 0.0494 e. The summed E-state index contributed by atoms with van der Waals surface area (Å²) in [5.74, 6) is 1.76. The van der Waals surface area contributed by atoms with E-state index in [0.717, 1.165) is 23.7 Å². The number of hydrogen-bond donors (Lipinski definition) is 0. The summed E-state index contributed by atoms with van der Waals surface area (Å²) in [6.45, 7) is 11.0. The molecular weight excluding hydrogens is 265 g/mol. The highest BCUT2D eigenvalue weighted by Gasteiger charge is 2.14. The molecule has 0 heterocycles. The molecule has 0 saturated carbocycles. The van der Waals surface area contributed by atoms with E-state index in [9.17, 15) is 0 Å². The van der Waals surface area contributed by atoms with Gasteiger partial charge in [0.15, 0.2) is 0 Å². The Morgan fingerprint density at radius 1 is 1.06 bits per heavy atom. The average Bonchev–Trinajstić information content (AvgIpc) is 2.26. The molecule has 0 saturated heterocycles. The first kappa shape index (κ1) is 15.7. The molecule has 0 bridgehead atoms. The van der Waals surface area contributed by atoms with E-state index in [2.05, 4.69) is 32.6 Å². The van der Waals surface area contributed by atoms with Gasteiger partial charge in [-0.25, -0.2) is 0 Å². The lowest BCUT2D eigenvalue weighted by Gasteiger charge is -2.30. The Balaban J connectivity index is 3.05. The van der Waals surface area contributed by atoms with Gasteiger partial charge in [0.2, 0.25) is 0 Å².